The zero-order valence-electron chi connectivity index (χ0n) is 16.9. The highest BCUT2D eigenvalue weighted by molar-refractivity contribution is 5.91. The fourth-order valence-electron chi connectivity index (χ4n) is 5.98. The fourth-order valence-corrected chi connectivity index (χ4v) is 5.98. The van der Waals surface area contributed by atoms with E-state index in [1.54, 1.807) is 0 Å². The Morgan fingerprint density at radius 2 is 1.93 bits per heavy atom. The first-order valence-electron chi connectivity index (χ1n) is 10.5. The van der Waals surface area contributed by atoms with Gasteiger partial charge in [0, 0.05) is 28.7 Å². The van der Waals surface area contributed by atoms with Crippen LogP contribution in [0.5, 0.6) is 0 Å². The first kappa shape index (κ1) is 21.9. The lowest BCUT2D eigenvalue weighted by Crippen LogP contribution is -2.62. The van der Waals surface area contributed by atoms with Gasteiger partial charge in [0.05, 0.1) is 12.7 Å². The molecule has 4 aliphatic rings. The molecule has 2 aliphatic carbocycles. The number of hydrogen-bond acceptors (Lipinski definition) is 9. The maximum atomic E-state index is 12.1. The first-order valence-corrected chi connectivity index (χ1v) is 10.5. The summed E-state index contributed by atoms with van der Waals surface area (Å²) in [4.78, 5) is 24.0. The predicted molar refractivity (Wildman–Crippen MR) is 101 cm³/mol. The zero-order valence-corrected chi connectivity index (χ0v) is 16.9. The molecule has 0 aromatic heterocycles. The van der Waals surface area contributed by atoms with Crippen molar-refractivity contribution in [2.45, 2.75) is 75.5 Å². The van der Waals surface area contributed by atoms with Crippen LogP contribution in [0.4, 0.5) is 0 Å². The van der Waals surface area contributed by atoms with Crippen molar-refractivity contribution in [1.29, 1.82) is 0 Å². The van der Waals surface area contributed by atoms with Gasteiger partial charge in [-0.2, -0.15) is 0 Å². The average Bonchev–Trinajstić information content (AvgIpc) is 3.02. The summed E-state index contributed by atoms with van der Waals surface area (Å²) in [6.07, 6.45) is -4.34. The van der Waals surface area contributed by atoms with Gasteiger partial charge in [-0.3, -0.25) is 0 Å². The molecular weight excluding hydrogens is 396 g/mol. The Kier molecular flexibility index (Phi) is 5.80. The Balaban J connectivity index is 1.59. The van der Waals surface area contributed by atoms with E-state index in [1.165, 1.54) is 0 Å². The van der Waals surface area contributed by atoms with E-state index in [-0.39, 0.29) is 17.8 Å². The highest BCUT2D eigenvalue weighted by Gasteiger charge is 2.61. The minimum Gasteiger partial charge on any atom is -0.458 e. The Hall–Kier alpha value is -1.36. The van der Waals surface area contributed by atoms with Crippen LogP contribution >= 0.6 is 0 Å². The molecule has 2 aliphatic heterocycles. The van der Waals surface area contributed by atoms with Crippen LogP contribution in [0.2, 0.25) is 0 Å². The van der Waals surface area contributed by atoms with Crippen LogP contribution in [0.1, 0.15) is 32.6 Å². The molecule has 2 heterocycles. The standard InChI is InChI=1S/C21H30O9/c1-9-11-5-6-21(2)13(4-3-10(7-22)14(21)18(11)30-19(9)27)29-20-17(26)16(25)15(24)12(8-23)28-20/h7,10-18,20,23-26H,1,3-6,8H2,2H3. The van der Waals surface area contributed by atoms with Gasteiger partial charge in [0.15, 0.2) is 6.29 Å². The zero-order chi connectivity index (χ0) is 21.8. The summed E-state index contributed by atoms with van der Waals surface area (Å²) in [7, 11) is 0. The molecule has 0 amide bonds. The van der Waals surface area contributed by atoms with Crippen molar-refractivity contribution >= 4 is 12.3 Å². The molecule has 0 radical (unpaired) electrons. The molecule has 0 aromatic carbocycles. The molecule has 0 spiro atoms. The molecule has 9 heteroatoms. The van der Waals surface area contributed by atoms with Crippen LogP contribution in [0.3, 0.4) is 0 Å². The average molecular weight is 426 g/mol. The second-order valence-electron chi connectivity index (χ2n) is 9.27. The molecule has 2 saturated heterocycles. The number of aldehydes is 1. The van der Waals surface area contributed by atoms with Crippen LogP contribution in [-0.2, 0) is 23.8 Å². The molecular formula is C21H30O9. The van der Waals surface area contributed by atoms with E-state index in [1.807, 2.05) is 6.92 Å². The molecule has 2 saturated carbocycles. The lowest BCUT2D eigenvalue weighted by atomic mass is 9.52. The lowest BCUT2D eigenvalue weighted by molar-refractivity contribution is -0.328. The fraction of sp³-hybridized carbons (Fsp3) is 0.810. The van der Waals surface area contributed by atoms with Crippen LogP contribution in [-0.4, -0.2) is 82.2 Å². The number of hydrogen-bond donors (Lipinski definition) is 4. The van der Waals surface area contributed by atoms with Gasteiger partial charge in [0.2, 0.25) is 0 Å². The number of aliphatic hydroxyl groups is 4. The van der Waals surface area contributed by atoms with Crippen LogP contribution < -0.4 is 0 Å². The van der Waals surface area contributed by atoms with Gasteiger partial charge < -0.3 is 39.4 Å². The minimum absolute atomic E-state index is 0.121. The van der Waals surface area contributed by atoms with E-state index in [0.29, 0.717) is 31.3 Å². The van der Waals surface area contributed by atoms with Crippen molar-refractivity contribution in [1.82, 2.24) is 0 Å². The van der Waals surface area contributed by atoms with E-state index in [0.717, 1.165) is 6.29 Å². The smallest absolute Gasteiger partial charge is 0.334 e. The van der Waals surface area contributed by atoms with Gasteiger partial charge in [-0.1, -0.05) is 13.5 Å². The summed E-state index contributed by atoms with van der Waals surface area (Å²) in [5.41, 5.74) is -0.0852. The largest absolute Gasteiger partial charge is 0.458 e. The Labute approximate surface area is 174 Å². The molecule has 4 N–H and O–H groups in total. The van der Waals surface area contributed by atoms with Crippen LogP contribution in [0, 0.1) is 23.2 Å². The van der Waals surface area contributed by atoms with Crippen molar-refractivity contribution in [3.8, 4) is 0 Å². The molecule has 30 heavy (non-hydrogen) atoms. The van der Waals surface area contributed by atoms with Crippen LogP contribution in [0.25, 0.3) is 0 Å². The monoisotopic (exact) mass is 426 g/mol. The van der Waals surface area contributed by atoms with Gasteiger partial charge >= 0.3 is 5.97 Å². The molecule has 4 fully saturated rings. The molecule has 168 valence electrons. The second kappa shape index (κ2) is 7.96. The second-order valence-corrected chi connectivity index (χ2v) is 9.27. The van der Waals surface area contributed by atoms with E-state index in [2.05, 4.69) is 6.58 Å². The van der Waals surface area contributed by atoms with Crippen molar-refractivity contribution in [2.75, 3.05) is 6.61 Å². The third-order valence-corrected chi connectivity index (χ3v) is 7.74. The summed E-state index contributed by atoms with van der Waals surface area (Å²) >= 11 is 0. The van der Waals surface area contributed by atoms with E-state index in [4.69, 9.17) is 14.2 Å². The van der Waals surface area contributed by atoms with Crippen molar-refractivity contribution in [3.63, 3.8) is 0 Å². The number of carbonyl (C=O) groups excluding carboxylic acids is 2. The molecule has 0 aromatic rings. The van der Waals surface area contributed by atoms with Crippen molar-refractivity contribution < 1.29 is 44.2 Å². The first-order chi connectivity index (χ1) is 14.2. The number of carbonyl (C=O) groups is 2. The van der Waals surface area contributed by atoms with Gasteiger partial charge in [-0.25, -0.2) is 4.79 Å². The third-order valence-electron chi connectivity index (χ3n) is 7.74. The maximum absolute atomic E-state index is 12.1. The number of fused-ring (bicyclic) bond motifs is 3. The topological polar surface area (TPSA) is 143 Å². The normalized spacial score (nSPS) is 51.1. The Bertz CT molecular complexity index is 709. The molecule has 0 bridgehead atoms. The quantitative estimate of drug-likeness (QED) is 0.260. The van der Waals surface area contributed by atoms with Crippen LogP contribution in [0.15, 0.2) is 12.2 Å². The van der Waals surface area contributed by atoms with Gasteiger partial charge in [0.25, 0.3) is 0 Å². The summed E-state index contributed by atoms with van der Waals surface area (Å²) in [5, 5.41) is 39.9. The molecule has 11 unspecified atom stereocenters. The Morgan fingerprint density at radius 3 is 2.60 bits per heavy atom. The number of rotatable bonds is 4. The van der Waals surface area contributed by atoms with E-state index >= 15 is 0 Å². The summed E-state index contributed by atoms with van der Waals surface area (Å²) < 4.78 is 17.3. The van der Waals surface area contributed by atoms with Gasteiger partial charge in [-0.05, 0) is 25.7 Å². The van der Waals surface area contributed by atoms with Crippen molar-refractivity contribution in [3.05, 3.63) is 12.2 Å². The maximum Gasteiger partial charge on any atom is 0.334 e. The summed E-state index contributed by atoms with van der Waals surface area (Å²) in [6.45, 7) is 5.32. The van der Waals surface area contributed by atoms with Gasteiger partial charge in [0.1, 0.15) is 36.8 Å². The van der Waals surface area contributed by atoms with E-state index < -0.39 is 60.9 Å². The van der Waals surface area contributed by atoms with Crippen molar-refractivity contribution in [2.24, 2.45) is 23.2 Å². The predicted octanol–water partition coefficient (Wildman–Crippen LogP) is -0.705. The van der Waals surface area contributed by atoms with E-state index in [9.17, 15) is 30.0 Å². The number of esters is 1. The summed E-state index contributed by atoms with van der Waals surface area (Å²) in [6, 6.07) is 0. The summed E-state index contributed by atoms with van der Waals surface area (Å²) in [5.74, 6) is -1.10. The third kappa shape index (κ3) is 3.23. The van der Waals surface area contributed by atoms with Gasteiger partial charge in [-0.15, -0.1) is 0 Å². The highest BCUT2D eigenvalue weighted by Crippen LogP contribution is 2.58. The molecule has 9 nitrogen and oxygen atoms in total. The molecule has 11 atom stereocenters. The molecule has 4 rings (SSSR count). The highest BCUT2D eigenvalue weighted by atomic mass is 16.7. The lowest BCUT2D eigenvalue weighted by Gasteiger charge is -2.56. The number of aliphatic hydroxyl groups excluding tert-OH is 4. The minimum atomic E-state index is -1.52. The number of ether oxygens (including phenoxy) is 3. The Morgan fingerprint density at radius 1 is 1.20 bits per heavy atom. The SMILES string of the molecule is C=C1C(=O)OC2C1CCC1(C)C(OC3OC(CO)C(O)C(O)C3O)CCC(C=O)C21.